The first-order valence-electron chi connectivity index (χ1n) is 7.26. The summed E-state index contributed by atoms with van der Waals surface area (Å²) in [5.74, 6) is 0.459. The Bertz CT molecular complexity index is 711. The summed E-state index contributed by atoms with van der Waals surface area (Å²) < 4.78 is 5.11. The molecule has 2 aromatic rings. The molecular formula is C18H19ClN2O2. The lowest BCUT2D eigenvalue weighted by molar-refractivity contribution is -0.111. The fourth-order valence-electron chi connectivity index (χ4n) is 2.24. The molecule has 0 aromatic heterocycles. The van der Waals surface area contributed by atoms with Crippen LogP contribution in [0.15, 0.2) is 53.6 Å². The largest absolute Gasteiger partial charge is 0.497 e. The van der Waals surface area contributed by atoms with E-state index in [0.29, 0.717) is 10.7 Å². The zero-order valence-corrected chi connectivity index (χ0v) is 14.1. The van der Waals surface area contributed by atoms with Gasteiger partial charge in [-0.25, -0.2) is 0 Å². The van der Waals surface area contributed by atoms with E-state index in [1.807, 2.05) is 55.5 Å². The molecule has 0 fully saturated rings. The third-order valence-corrected chi connectivity index (χ3v) is 3.88. The molecule has 0 amide bonds. The van der Waals surface area contributed by atoms with Crippen LogP contribution in [-0.2, 0) is 4.79 Å². The number of hydrogen-bond donors (Lipinski definition) is 1. The number of rotatable bonds is 6. The van der Waals surface area contributed by atoms with Crippen molar-refractivity contribution >= 4 is 28.8 Å². The predicted octanol–water partition coefficient (Wildman–Crippen LogP) is 4.51. The summed E-state index contributed by atoms with van der Waals surface area (Å²) in [7, 11) is 1.61. The van der Waals surface area contributed by atoms with Crippen LogP contribution in [0.3, 0.4) is 0 Å². The average molecular weight is 331 g/mol. The second-order valence-electron chi connectivity index (χ2n) is 5.14. The number of nitrogens with one attached hydrogen (secondary N) is 1. The van der Waals surface area contributed by atoms with Gasteiger partial charge in [-0.1, -0.05) is 36.7 Å². The number of benzene rings is 2. The lowest BCUT2D eigenvalue weighted by Gasteiger charge is -2.15. The quantitative estimate of drug-likeness (QED) is 0.626. The van der Waals surface area contributed by atoms with Gasteiger partial charge in [0, 0.05) is 17.9 Å². The van der Waals surface area contributed by atoms with Gasteiger partial charge in [0.25, 0.3) is 0 Å². The molecule has 1 N–H and O–H groups in total. The van der Waals surface area contributed by atoms with Crippen molar-refractivity contribution in [3.05, 3.63) is 59.1 Å². The monoisotopic (exact) mass is 330 g/mol. The van der Waals surface area contributed by atoms with Gasteiger partial charge in [0.1, 0.15) is 11.5 Å². The Balaban J connectivity index is 2.23. The first kappa shape index (κ1) is 17.0. The summed E-state index contributed by atoms with van der Waals surface area (Å²) in [5.41, 5.74) is 4.99. The fourth-order valence-corrected chi connectivity index (χ4v) is 2.54. The highest BCUT2D eigenvalue weighted by Crippen LogP contribution is 2.26. The minimum atomic E-state index is -0.202. The maximum atomic E-state index is 12.0. The van der Waals surface area contributed by atoms with E-state index in [2.05, 4.69) is 10.5 Å². The van der Waals surface area contributed by atoms with Crippen molar-refractivity contribution in [1.82, 2.24) is 0 Å². The number of methoxy groups -OCH3 is 1. The minimum absolute atomic E-state index is 0.0987. The highest BCUT2D eigenvalue weighted by atomic mass is 35.5. The SMILES string of the molecule is COc1ccc(N/N=C(\C(C)=O)C(C)c2ccccc2Cl)cc1. The lowest BCUT2D eigenvalue weighted by atomic mass is 9.94. The number of nitrogens with zero attached hydrogens (tertiary/aromatic N) is 1. The van der Waals surface area contributed by atoms with E-state index in [1.54, 1.807) is 7.11 Å². The maximum Gasteiger partial charge on any atom is 0.176 e. The number of anilines is 1. The van der Waals surface area contributed by atoms with Crippen LogP contribution in [0.1, 0.15) is 25.3 Å². The van der Waals surface area contributed by atoms with Crippen LogP contribution >= 0.6 is 11.6 Å². The predicted molar refractivity (Wildman–Crippen MR) is 94.6 cm³/mol. The van der Waals surface area contributed by atoms with Gasteiger partial charge in [-0.2, -0.15) is 5.10 Å². The second kappa shape index (κ2) is 7.79. The van der Waals surface area contributed by atoms with Gasteiger partial charge >= 0.3 is 0 Å². The first-order chi connectivity index (χ1) is 11.0. The van der Waals surface area contributed by atoms with Gasteiger partial charge in [-0.15, -0.1) is 0 Å². The molecule has 0 radical (unpaired) electrons. The maximum absolute atomic E-state index is 12.0. The van der Waals surface area contributed by atoms with Crippen molar-refractivity contribution in [2.24, 2.45) is 5.10 Å². The average Bonchev–Trinajstić information content (AvgIpc) is 2.55. The fraction of sp³-hybridized carbons (Fsp3) is 0.222. The van der Waals surface area contributed by atoms with Crippen LogP contribution in [-0.4, -0.2) is 18.6 Å². The van der Waals surface area contributed by atoms with E-state index >= 15 is 0 Å². The van der Waals surface area contributed by atoms with Gasteiger partial charge in [-0.05, 0) is 35.9 Å². The lowest BCUT2D eigenvalue weighted by Crippen LogP contribution is -2.20. The Morgan fingerprint density at radius 3 is 2.39 bits per heavy atom. The van der Waals surface area contributed by atoms with Gasteiger partial charge in [0.05, 0.1) is 12.8 Å². The summed E-state index contributed by atoms with van der Waals surface area (Å²) in [4.78, 5) is 12.0. The molecule has 120 valence electrons. The van der Waals surface area contributed by atoms with Crippen LogP contribution in [0.5, 0.6) is 5.75 Å². The number of carbonyl (C=O) groups excluding carboxylic acids is 1. The summed E-state index contributed by atoms with van der Waals surface area (Å²) in [5, 5.41) is 4.91. The van der Waals surface area contributed by atoms with E-state index in [4.69, 9.17) is 16.3 Å². The van der Waals surface area contributed by atoms with Crippen LogP contribution in [0.4, 0.5) is 5.69 Å². The third kappa shape index (κ3) is 4.33. The zero-order valence-electron chi connectivity index (χ0n) is 13.3. The summed E-state index contributed by atoms with van der Waals surface area (Å²) in [6, 6.07) is 14.8. The molecule has 0 aliphatic carbocycles. The molecule has 1 unspecified atom stereocenters. The van der Waals surface area contributed by atoms with Crippen molar-refractivity contribution in [3.8, 4) is 5.75 Å². The summed E-state index contributed by atoms with van der Waals surface area (Å²) >= 11 is 6.22. The summed E-state index contributed by atoms with van der Waals surface area (Å²) in [6.07, 6.45) is 0. The number of halogens is 1. The smallest absolute Gasteiger partial charge is 0.176 e. The molecule has 5 heteroatoms. The van der Waals surface area contributed by atoms with Gasteiger partial charge in [0.15, 0.2) is 5.78 Å². The van der Waals surface area contributed by atoms with Gasteiger partial charge in [0.2, 0.25) is 0 Å². The van der Waals surface area contributed by atoms with Crippen molar-refractivity contribution in [2.75, 3.05) is 12.5 Å². The number of Topliss-reactive ketones (excluding diaryl/α,β-unsaturated/α-hetero) is 1. The van der Waals surface area contributed by atoms with Crippen LogP contribution in [0, 0.1) is 0 Å². The Labute approximate surface area is 141 Å². The van der Waals surface area contributed by atoms with E-state index in [0.717, 1.165) is 17.0 Å². The van der Waals surface area contributed by atoms with E-state index < -0.39 is 0 Å². The molecule has 0 aliphatic rings. The zero-order chi connectivity index (χ0) is 16.8. The number of ether oxygens (including phenoxy) is 1. The molecule has 0 aliphatic heterocycles. The Morgan fingerprint density at radius 1 is 1.17 bits per heavy atom. The van der Waals surface area contributed by atoms with Gasteiger partial charge in [-0.3, -0.25) is 10.2 Å². The van der Waals surface area contributed by atoms with Crippen LogP contribution in [0.2, 0.25) is 5.02 Å². The Morgan fingerprint density at radius 2 is 1.83 bits per heavy atom. The van der Waals surface area contributed by atoms with E-state index in [-0.39, 0.29) is 11.7 Å². The minimum Gasteiger partial charge on any atom is -0.497 e. The number of ketones is 1. The molecule has 1 atom stereocenters. The Kier molecular flexibility index (Phi) is 5.77. The van der Waals surface area contributed by atoms with E-state index in [1.165, 1.54) is 6.92 Å². The normalized spacial score (nSPS) is 12.6. The Hall–Kier alpha value is -2.33. The van der Waals surface area contributed by atoms with Crippen molar-refractivity contribution in [1.29, 1.82) is 0 Å². The molecule has 2 rings (SSSR count). The van der Waals surface area contributed by atoms with Gasteiger partial charge < -0.3 is 4.74 Å². The molecule has 4 nitrogen and oxygen atoms in total. The second-order valence-corrected chi connectivity index (χ2v) is 5.54. The molecule has 0 bridgehead atoms. The molecule has 0 saturated heterocycles. The molecule has 2 aromatic carbocycles. The number of carbonyl (C=O) groups is 1. The summed E-state index contributed by atoms with van der Waals surface area (Å²) in [6.45, 7) is 3.42. The van der Waals surface area contributed by atoms with Crippen LogP contribution < -0.4 is 10.2 Å². The molecular weight excluding hydrogens is 312 g/mol. The van der Waals surface area contributed by atoms with Crippen molar-refractivity contribution in [2.45, 2.75) is 19.8 Å². The molecule has 0 heterocycles. The highest BCUT2D eigenvalue weighted by Gasteiger charge is 2.19. The third-order valence-electron chi connectivity index (χ3n) is 3.54. The standard InChI is InChI=1S/C18H19ClN2O2/c1-12(16-6-4-5-7-17(16)19)18(13(2)22)21-20-14-8-10-15(23-3)11-9-14/h4-12,20H,1-3H3/b21-18-. The number of hydrazone groups is 1. The van der Waals surface area contributed by atoms with Crippen molar-refractivity contribution in [3.63, 3.8) is 0 Å². The van der Waals surface area contributed by atoms with E-state index in [9.17, 15) is 4.79 Å². The molecule has 0 spiro atoms. The van der Waals surface area contributed by atoms with Crippen molar-refractivity contribution < 1.29 is 9.53 Å². The topological polar surface area (TPSA) is 50.7 Å². The molecule has 23 heavy (non-hydrogen) atoms. The highest BCUT2D eigenvalue weighted by molar-refractivity contribution is 6.41. The van der Waals surface area contributed by atoms with Crippen LogP contribution in [0.25, 0.3) is 0 Å². The number of hydrogen-bond acceptors (Lipinski definition) is 4. The first-order valence-corrected chi connectivity index (χ1v) is 7.63. The molecule has 0 saturated carbocycles.